The van der Waals surface area contributed by atoms with Gasteiger partial charge in [0.15, 0.2) is 0 Å². The number of aromatic nitrogens is 2. The van der Waals surface area contributed by atoms with Crippen molar-refractivity contribution in [2.75, 3.05) is 0 Å². The molecule has 0 atom stereocenters. The fraction of sp³-hybridized carbons (Fsp3) is 0.467. The Morgan fingerprint density at radius 2 is 2.13 bits per heavy atom. The van der Waals surface area contributed by atoms with E-state index in [1.165, 1.54) is 16.2 Å². The van der Waals surface area contributed by atoms with Crippen LogP contribution in [0.3, 0.4) is 0 Å². The van der Waals surface area contributed by atoms with Crippen molar-refractivity contribution < 1.29 is 14.1 Å². The monoisotopic (exact) mass is 332 g/mol. The fourth-order valence-electron chi connectivity index (χ4n) is 3.27. The Balaban J connectivity index is 1.52. The summed E-state index contributed by atoms with van der Waals surface area (Å²) in [6.45, 7) is 0.0186. The lowest BCUT2D eigenvalue weighted by molar-refractivity contribution is -0.133. The molecule has 23 heavy (non-hydrogen) atoms. The fourth-order valence-corrected chi connectivity index (χ4v) is 3.92. The van der Waals surface area contributed by atoms with E-state index >= 15 is 0 Å². The van der Waals surface area contributed by atoms with Crippen molar-refractivity contribution in [3.05, 3.63) is 23.4 Å². The van der Waals surface area contributed by atoms with E-state index in [0.717, 1.165) is 24.1 Å². The Hall–Kier alpha value is -2.22. The van der Waals surface area contributed by atoms with Gasteiger partial charge in [0.1, 0.15) is 12.1 Å². The lowest BCUT2D eigenvalue weighted by Crippen LogP contribution is -2.48. The largest absolute Gasteiger partial charge is 0.337 e. The molecule has 2 aliphatic rings. The van der Waals surface area contributed by atoms with Gasteiger partial charge in [0.25, 0.3) is 5.91 Å². The van der Waals surface area contributed by atoms with Crippen molar-refractivity contribution in [1.82, 2.24) is 20.4 Å². The highest BCUT2D eigenvalue weighted by Gasteiger charge is 2.51. The molecule has 2 aromatic heterocycles. The minimum absolute atomic E-state index is 0.0186. The third-order valence-corrected chi connectivity index (χ3v) is 5.32. The Kier molecular flexibility index (Phi) is 3.41. The van der Waals surface area contributed by atoms with Gasteiger partial charge in [-0.15, -0.1) is 11.3 Å². The lowest BCUT2D eigenvalue weighted by atomic mass is 9.82. The number of imide groups is 1. The number of hydrogen-bond donors (Lipinski definition) is 1. The van der Waals surface area contributed by atoms with Crippen molar-refractivity contribution in [3.63, 3.8) is 0 Å². The summed E-state index contributed by atoms with van der Waals surface area (Å²) in [4.78, 5) is 31.3. The maximum atomic E-state index is 12.7. The van der Waals surface area contributed by atoms with Crippen LogP contribution >= 0.6 is 11.3 Å². The van der Waals surface area contributed by atoms with E-state index in [9.17, 15) is 9.59 Å². The van der Waals surface area contributed by atoms with E-state index in [1.807, 2.05) is 17.5 Å². The number of urea groups is 1. The topological polar surface area (TPSA) is 88.3 Å². The maximum Gasteiger partial charge on any atom is 0.325 e. The van der Waals surface area contributed by atoms with Crippen LogP contribution in [-0.2, 0) is 11.3 Å². The summed E-state index contributed by atoms with van der Waals surface area (Å²) in [5.41, 5.74) is -0.716. The van der Waals surface area contributed by atoms with Crippen LogP contribution in [0.1, 0.15) is 38.0 Å². The normalized spacial score (nSPS) is 20.3. The number of nitrogens with one attached hydrogen (secondary N) is 1. The van der Waals surface area contributed by atoms with Crippen molar-refractivity contribution in [3.8, 4) is 10.7 Å². The minimum atomic E-state index is -0.716. The van der Waals surface area contributed by atoms with Gasteiger partial charge < -0.3 is 9.84 Å². The maximum absolute atomic E-state index is 12.7. The molecule has 1 spiro atoms. The molecular weight excluding hydrogens is 316 g/mol. The molecule has 4 rings (SSSR count). The summed E-state index contributed by atoms with van der Waals surface area (Å²) < 4.78 is 5.19. The number of thiophene rings is 1. The molecule has 8 heteroatoms. The van der Waals surface area contributed by atoms with Gasteiger partial charge in [0.2, 0.25) is 11.7 Å². The number of carbonyl (C=O) groups excluding carboxylic acids is 2. The SMILES string of the molecule is O=C1NC2(CCCCC2)C(=O)N1Cc1nc(-c2cccs2)no1. The van der Waals surface area contributed by atoms with Crippen LogP contribution in [0.2, 0.25) is 0 Å². The summed E-state index contributed by atoms with van der Waals surface area (Å²) in [5, 5.41) is 8.71. The molecule has 2 fully saturated rings. The average molecular weight is 332 g/mol. The molecule has 3 amide bonds. The highest BCUT2D eigenvalue weighted by molar-refractivity contribution is 7.13. The molecule has 0 unspecified atom stereocenters. The van der Waals surface area contributed by atoms with E-state index < -0.39 is 5.54 Å². The third kappa shape index (κ3) is 2.42. The molecule has 7 nitrogen and oxygen atoms in total. The lowest BCUT2D eigenvalue weighted by Gasteiger charge is -2.30. The molecule has 1 aliphatic carbocycles. The minimum Gasteiger partial charge on any atom is -0.337 e. The predicted octanol–water partition coefficient (Wildman–Crippen LogP) is 2.55. The van der Waals surface area contributed by atoms with E-state index in [1.54, 1.807) is 0 Å². The third-order valence-electron chi connectivity index (χ3n) is 4.46. The summed E-state index contributed by atoms with van der Waals surface area (Å²) in [6, 6.07) is 3.43. The number of carbonyl (C=O) groups is 2. The number of nitrogens with zero attached hydrogens (tertiary/aromatic N) is 3. The molecule has 0 bridgehead atoms. The summed E-state index contributed by atoms with van der Waals surface area (Å²) in [7, 11) is 0. The molecule has 1 saturated carbocycles. The first kappa shape index (κ1) is 14.4. The van der Waals surface area contributed by atoms with Crippen LogP contribution < -0.4 is 5.32 Å². The quantitative estimate of drug-likeness (QED) is 0.873. The van der Waals surface area contributed by atoms with Gasteiger partial charge in [-0.05, 0) is 24.3 Å². The molecule has 3 heterocycles. The van der Waals surface area contributed by atoms with Gasteiger partial charge >= 0.3 is 6.03 Å². The Bertz CT molecular complexity index is 734. The van der Waals surface area contributed by atoms with Gasteiger partial charge in [-0.2, -0.15) is 4.98 Å². The Labute approximate surface area is 136 Å². The Morgan fingerprint density at radius 1 is 1.30 bits per heavy atom. The van der Waals surface area contributed by atoms with Crippen molar-refractivity contribution in [2.45, 2.75) is 44.2 Å². The van der Waals surface area contributed by atoms with Crippen LogP contribution in [0.25, 0.3) is 10.7 Å². The first-order valence-electron chi connectivity index (χ1n) is 7.69. The van der Waals surface area contributed by atoms with Crippen LogP contribution in [0, 0.1) is 0 Å². The zero-order valence-corrected chi connectivity index (χ0v) is 13.3. The van der Waals surface area contributed by atoms with Gasteiger partial charge in [0.05, 0.1) is 4.88 Å². The number of amides is 3. The molecule has 0 aromatic carbocycles. The smallest absolute Gasteiger partial charge is 0.325 e. The molecule has 1 aliphatic heterocycles. The summed E-state index contributed by atoms with van der Waals surface area (Å²) in [5.74, 6) is 0.581. The molecule has 1 N–H and O–H groups in total. The van der Waals surface area contributed by atoms with Crippen LogP contribution in [0.4, 0.5) is 4.79 Å². The van der Waals surface area contributed by atoms with E-state index in [0.29, 0.717) is 18.7 Å². The average Bonchev–Trinajstić information content (AvgIpc) is 3.27. The highest BCUT2D eigenvalue weighted by Crippen LogP contribution is 2.34. The zero-order chi connectivity index (χ0) is 15.9. The summed E-state index contributed by atoms with van der Waals surface area (Å²) in [6.07, 6.45) is 4.45. The molecule has 2 aromatic rings. The van der Waals surface area contributed by atoms with Gasteiger partial charge in [-0.1, -0.05) is 30.5 Å². The number of rotatable bonds is 3. The van der Waals surface area contributed by atoms with E-state index in [-0.39, 0.29) is 24.4 Å². The van der Waals surface area contributed by atoms with Crippen molar-refractivity contribution in [1.29, 1.82) is 0 Å². The second-order valence-electron chi connectivity index (χ2n) is 5.95. The molecule has 0 radical (unpaired) electrons. The highest BCUT2D eigenvalue weighted by atomic mass is 32.1. The Morgan fingerprint density at radius 3 is 2.87 bits per heavy atom. The predicted molar refractivity (Wildman–Crippen MR) is 82.5 cm³/mol. The summed E-state index contributed by atoms with van der Waals surface area (Å²) >= 11 is 1.51. The molecule has 1 saturated heterocycles. The second kappa shape index (κ2) is 5.45. The molecule has 120 valence electrons. The van der Waals surface area contributed by atoms with Crippen molar-refractivity contribution >= 4 is 23.3 Å². The van der Waals surface area contributed by atoms with E-state index in [4.69, 9.17) is 4.52 Å². The van der Waals surface area contributed by atoms with Gasteiger partial charge in [-0.3, -0.25) is 9.69 Å². The zero-order valence-electron chi connectivity index (χ0n) is 12.4. The van der Waals surface area contributed by atoms with Crippen LogP contribution in [0.15, 0.2) is 22.0 Å². The first-order valence-corrected chi connectivity index (χ1v) is 8.56. The van der Waals surface area contributed by atoms with Crippen molar-refractivity contribution in [2.24, 2.45) is 0 Å². The number of hydrogen-bond acceptors (Lipinski definition) is 6. The van der Waals surface area contributed by atoms with Gasteiger partial charge in [0, 0.05) is 0 Å². The van der Waals surface area contributed by atoms with Crippen LogP contribution in [-0.4, -0.2) is 32.5 Å². The molecular formula is C15H16N4O3S. The second-order valence-corrected chi connectivity index (χ2v) is 6.90. The van der Waals surface area contributed by atoms with Gasteiger partial charge in [-0.25, -0.2) is 4.79 Å². The van der Waals surface area contributed by atoms with E-state index in [2.05, 4.69) is 15.5 Å². The standard InChI is InChI=1S/C15H16N4O3S/c20-13-15(6-2-1-3-7-15)17-14(21)19(13)9-11-16-12(18-22-11)10-5-4-8-23-10/h4-5,8H,1-3,6-7,9H2,(H,17,21). The first-order chi connectivity index (χ1) is 11.2. The van der Waals surface area contributed by atoms with Crippen LogP contribution in [0.5, 0.6) is 0 Å².